The van der Waals surface area contributed by atoms with Crippen LogP contribution in [0.25, 0.3) is 0 Å². The van der Waals surface area contributed by atoms with Gasteiger partial charge < -0.3 is 5.32 Å². The van der Waals surface area contributed by atoms with Gasteiger partial charge in [-0.3, -0.25) is 20.2 Å². The van der Waals surface area contributed by atoms with Crippen molar-refractivity contribution in [3.8, 4) is 0 Å². The quantitative estimate of drug-likeness (QED) is 0.658. The molecule has 7 nitrogen and oxygen atoms in total. The molecule has 0 radical (unpaired) electrons. The maximum atomic E-state index is 11.0. The molecule has 1 saturated carbocycles. The van der Waals surface area contributed by atoms with E-state index in [1.54, 1.807) is 0 Å². The van der Waals surface area contributed by atoms with Gasteiger partial charge in [0.1, 0.15) is 5.69 Å². The molecule has 7 heteroatoms. The largest absolute Gasteiger partial charge is 0.379 e. The lowest BCUT2D eigenvalue weighted by Gasteiger charge is -2.26. The van der Waals surface area contributed by atoms with Crippen molar-refractivity contribution < 1.29 is 9.85 Å². The van der Waals surface area contributed by atoms with E-state index < -0.39 is 9.85 Å². The predicted octanol–water partition coefficient (Wildman–Crippen LogP) is 3.74. The highest BCUT2D eigenvalue weighted by Gasteiger charge is 2.22. The van der Waals surface area contributed by atoms with Crippen molar-refractivity contribution in [1.82, 2.24) is 0 Å². The molecule has 0 bridgehead atoms. The van der Waals surface area contributed by atoms with E-state index in [9.17, 15) is 20.2 Å². The third-order valence-electron chi connectivity index (χ3n) is 4.11. The van der Waals surface area contributed by atoms with Crippen LogP contribution in [0.2, 0.25) is 0 Å². The summed E-state index contributed by atoms with van der Waals surface area (Å²) in [7, 11) is 0. The number of nitrogens with zero attached hydrogens (tertiary/aromatic N) is 2. The molecule has 0 unspecified atom stereocenters. The van der Waals surface area contributed by atoms with Crippen LogP contribution in [0.4, 0.5) is 17.1 Å². The first-order valence-electron chi connectivity index (χ1n) is 7.14. The number of rotatable bonds is 5. The minimum atomic E-state index is -0.626. The molecule has 114 valence electrons. The molecular weight excluding hydrogens is 274 g/mol. The minimum absolute atomic E-state index is 0.242. The van der Waals surface area contributed by atoms with Gasteiger partial charge >= 0.3 is 0 Å². The number of nitro groups is 2. The molecule has 0 aliphatic heterocycles. The van der Waals surface area contributed by atoms with Crippen molar-refractivity contribution in [2.75, 3.05) is 11.9 Å². The Morgan fingerprint density at radius 3 is 2.38 bits per heavy atom. The molecule has 1 N–H and O–H groups in total. The zero-order valence-electron chi connectivity index (χ0n) is 11.9. The van der Waals surface area contributed by atoms with Gasteiger partial charge in [-0.05, 0) is 30.7 Å². The molecule has 21 heavy (non-hydrogen) atoms. The average Bonchev–Trinajstić information content (AvgIpc) is 2.46. The molecule has 0 amide bonds. The van der Waals surface area contributed by atoms with Crippen LogP contribution >= 0.6 is 0 Å². The molecule has 0 aromatic heterocycles. The van der Waals surface area contributed by atoms with Crippen molar-refractivity contribution in [2.45, 2.75) is 32.6 Å². The van der Waals surface area contributed by atoms with E-state index in [4.69, 9.17) is 0 Å². The molecule has 1 aromatic rings. The molecular formula is C14H19N3O4. The van der Waals surface area contributed by atoms with Gasteiger partial charge in [-0.2, -0.15) is 0 Å². The maximum Gasteiger partial charge on any atom is 0.299 e. The Bertz CT molecular complexity index is 539. The highest BCUT2D eigenvalue weighted by molar-refractivity contribution is 5.65. The molecule has 2 rings (SSSR count). The summed E-state index contributed by atoms with van der Waals surface area (Å²) in [6, 6.07) is 3.71. The predicted molar refractivity (Wildman–Crippen MR) is 79.4 cm³/mol. The molecule has 0 saturated heterocycles. The van der Waals surface area contributed by atoms with Crippen LogP contribution in [0.15, 0.2) is 18.2 Å². The fourth-order valence-electron chi connectivity index (χ4n) is 2.72. The molecule has 0 heterocycles. The first-order valence-corrected chi connectivity index (χ1v) is 7.14. The SMILES string of the molecule is CC1CCC(CNc2ccc([N+](=O)[O-])cc2[N+](=O)[O-])CC1. The van der Waals surface area contributed by atoms with Crippen LogP contribution in [0.3, 0.4) is 0 Å². The second-order valence-corrected chi connectivity index (χ2v) is 5.72. The Hall–Kier alpha value is -2.18. The van der Waals surface area contributed by atoms with Crippen molar-refractivity contribution in [2.24, 2.45) is 11.8 Å². The van der Waals surface area contributed by atoms with Gasteiger partial charge in [-0.1, -0.05) is 19.8 Å². The first kappa shape index (κ1) is 15.2. The second kappa shape index (κ2) is 6.51. The number of benzene rings is 1. The van der Waals surface area contributed by atoms with Gasteiger partial charge in [0.05, 0.1) is 15.9 Å². The fraction of sp³-hybridized carbons (Fsp3) is 0.571. The summed E-state index contributed by atoms with van der Waals surface area (Å²) in [6.45, 7) is 2.91. The summed E-state index contributed by atoms with van der Waals surface area (Å²) in [5.74, 6) is 1.27. The van der Waals surface area contributed by atoms with Crippen molar-refractivity contribution in [3.63, 3.8) is 0 Å². The van der Waals surface area contributed by atoms with Gasteiger partial charge in [-0.25, -0.2) is 0 Å². The average molecular weight is 293 g/mol. The van der Waals surface area contributed by atoms with E-state index in [1.165, 1.54) is 25.0 Å². The Balaban J connectivity index is 2.05. The Morgan fingerprint density at radius 1 is 1.14 bits per heavy atom. The first-order chi connectivity index (χ1) is 9.97. The summed E-state index contributed by atoms with van der Waals surface area (Å²) in [4.78, 5) is 20.5. The van der Waals surface area contributed by atoms with E-state index in [1.807, 2.05) is 0 Å². The summed E-state index contributed by atoms with van der Waals surface area (Å²) >= 11 is 0. The standard InChI is InChI=1S/C14H19N3O4/c1-10-2-4-11(5-3-10)9-15-13-7-6-12(16(18)19)8-14(13)17(20)21/h6-8,10-11,15H,2-5,9H2,1H3. The normalized spacial score (nSPS) is 21.8. The summed E-state index contributed by atoms with van der Waals surface area (Å²) in [5.41, 5.74) is -0.156. The molecule has 1 aromatic carbocycles. The van der Waals surface area contributed by atoms with Crippen LogP contribution < -0.4 is 5.32 Å². The van der Waals surface area contributed by atoms with Crippen LogP contribution in [0.5, 0.6) is 0 Å². The molecule has 1 aliphatic rings. The third kappa shape index (κ3) is 3.90. The van der Waals surface area contributed by atoms with Crippen molar-refractivity contribution in [3.05, 3.63) is 38.4 Å². The Labute approximate surface area is 122 Å². The minimum Gasteiger partial charge on any atom is -0.379 e. The van der Waals surface area contributed by atoms with Gasteiger partial charge in [0.2, 0.25) is 0 Å². The molecule has 0 spiro atoms. The highest BCUT2D eigenvalue weighted by atomic mass is 16.6. The molecule has 0 atom stereocenters. The van der Waals surface area contributed by atoms with Crippen LogP contribution in [0, 0.1) is 32.1 Å². The van der Waals surface area contributed by atoms with Gasteiger partial charge in [0.15, 0.2) is 0 Å². The smallest absolute Gasteiger partial charge is 0.299 e. The maximum absolute atomic E-state index is 11.0. The second-order valence-electron chi connectivity index (χ2n) is 5.72. The number of nitro benzene ring substituents is 2. The number of nitrogens with one attached hydrogen (secondary N) is 1. The highest BCUT2D eigenvalue weighted by Crippen LogP contribution is 2.31. The fourth-order valence-corrected chi connectivity index (χ4v) is 2.72. The van der Waals surface area contributed by atoms with Gasteiger partial charge in [0.25, 0.3) is 11.4 Å². The zero-order chi connectivity index (χ0) is 15.4. The zero-order valence-corrected chi connectivity index (χ0v) is 11.9. The van der Waals surface area contributed by atoms with Crippen molar-refractivity contribution >= 4 is 17.1 Å². The molecule has 1 fully saturated rings. The lowest BCUT2D eigenvalue weighted by Crippen LogP contribution is -2.20. The topological polar surface area (TPSA) is 98.3 Å². The van der Waals surface area contributed by atoms with Crippen LogP contribution in [-0.4, -0.2) is 16.4 Å². The van der Waals surface area contributed by atoms with E-state index in [0.29, 0.717) is 18.2 Å². The summed E-state index contributed by atoms with van der Waals surface area (Å²) < 4.78 is 0. The summed E-state index contributed by atoms with van der Waals surface area (Å²) in [6.07, 6.45) is 4.62. The Morgan fingerprint density at radius 2 is 1.81 bits per heavy atom. The monoisotopic (exact) mass is 293 g/mol. The van der Waals surface area contributed by atoms with Crippen molar-refractivity contribution in [1.29, 1.82) is 0 Å². The molecule has 1 aliphatic carbocycles. The third-order valence-corrected chi connectivity index (χ3v) is 4.11. The number of hydrogen-bond acceptors (Lipinski definition) is 5. The summed E-state index contributed by atoms with van der Waals surface area (Å²) in [5, 5.41) is 24.8. The lowest BCUT2D eigenvalue weighted by atomic mass is 9.83. The van der Waals surface area contributed by atoms with E-state index >= 15 is 0 Å². The van der Waals surface area contributed by atoms with Gasteiger partial charge in [-0.15, -0.1) is 0 Å². The number of anilines is 1. The van der Waals surface area contributed by atoms with Crippen LogP contribution in [0.1, 0.15) is 32.6 Å². The van der Waals surface area contributed by atoms with Gasteiger partial charge in [0, 0.05) is 12.6 Å². The van der Waals surface area contributed by atoms with E-state index in [0.717, 1.165) is 24.8 Å². The van der Waals surface area contributed by atoms with E-state index in [-0.39, 0.29) is 11.4 Å². The number of non-ortho nitro benzene ring substituents is 1. The number of hydrogen-bond donors (Lipinski definition) is 1. The van der Waals surface area contributed by atoms with E-state index in [2.05, 4.69) is 12.2 Å². The Kier molecular flexibility index (Phi) is 4.72. The van der Waals surface area contributed by atoms with Crippen LogP contribution in [-0.2, 0) is 0 Å². The lowest BCUT2D eigenvalue weighted by molar-refractivity contribution is -0.393.